The van der Waals surface area contributed by atoms with E-state index in [2.05, 4.69) is 76.1 Å². The maximum Gasteiger partial charge on any atom is 0.260 e. The van der Waals surface area contributed by atoms with Crippen LogP contribution in [-0.2, 0) is 22.2 Å². The fourth-order valence-corrected chi connectivity index (χ4v) is 4.12. The van der Waals surface area contributed by atoms with Crippen molar-refractivity contribution in [3.05, 3.63) is 64.5 Å². The normalized spacial score (nSPS) is 12.6. The minimum Gasteiger partial charge on any atom is -0.319 e. The lowest BCUT2D eigenvalue weighted by Crippen LogP contribution is -2.24. The van der Waals surface area contributed by atoms with Crippen LogP contribution in [0, 0.1) is 13.8 Å². The summed E-state index contributed by atoms with van der Waals surface area (Å²) >= 11 is 0. The van der Waals surface area contributed by atoms with Gasteiger partial charge in [-0.2, -0.15) is 5.10 Å². The van der Waals surface area contributed by atoms with Gasteiger partial charge >= 0.3 is 0 Å². The molecule has 0 aliphatic heterocycles. The van der Waals surface area contributed by atoms with Crippen molar-refractivity contribution in [2.45, 2.75) is 72.8 Å². The summed E-state index contributed by atoms with van der Waals surface area (Å²) in [7, 11) is 0. The zero-order valence-corrected chi connectivity index (χ0v) is 20.0. The number of aryl methyl sites for hydroxylation is 1. The fraction of sp³-hybridized carbons (Fsp3) is 0.423. The molecule has 1 aromatic heterocycles. The van der Waals surface area contributed by atoms with E-state index < -0.39 is 0 Å². The summed E-state index contributed by atoms with van der Waals surface area (Å²) in [6.45, 7) is 17.6. The minimum atomic E-state index is -0.179. The molecule has 0 aliphatic rings. The molecule has 0 unspecified atom stereocenters. The summed E-state index contributed by atoms with van der Waals surface area (Å²) in [5.74, 6) is 0.630. The highest BCUT2D eigenvalue weighted by atomic mass is 16.2. The lowest BCUT2D eigenvalue weighted by molar-refractivity contribution is -0.121. The number of aromatic nitrogens is 2. The van der Waals surface area contributed by atoms with Crippen LogP contribution in [0.4, 0.5) is 0 Å². The van der Waals surface area contributed by atoms with Gasteiger partial charge in [0.2, 0.25) is 0 Å². The SMILES string of the molecule is Cc1c(C(C)(C)C)cc(/C=N/NC(=O)Cn2c(C)nc3ccccc32)cc1C(C)(C)C. The molecule has 31 heavy (non-hydrogen) atoms. The number of para-hydroxylation sites is 2. The third-order valence-electron chi connectivity index (χ3n) is 5.60. The molecule has 0 radical (unpaired) electrons. The average Bonchev–Trinajstić information content (AvgIpc) is 2.96. The van der Waals surface area contributed by atoms with Crippen molar-refractivity contribution in [1.29, 1.82) is 0 Å². The van der Waals surface area contributed by atoms with Crippen molar-refractivity contribution in [2.24, 2.45) is 5.10 Å². The van der Waals surface area contributed by atoms with Crippen molar-refractivity contribution in [1.82, 2.24) is 15.0 Å². The molecule has 3 rings (SSSR count). The summed E-state index contributed by atoms with van der Waals surface area (Å²) < 4.78 is 1.90. The average molecular weight is 419 g/mol. The lowest BCUT2D eigenvalue weighted by atomic mass is 9.76. The predicted octanol–water partition coefficient (Wildman–Crippen LogP) is 5.40. The van der Waals surface area contributed by atoms with Crippen LogP contribution in [0.15, 0.2) is 41.5 Å². The molecule has 0 fully saturated rings. The Balaban J connectivity index is 1.81. The first-order chi connectivity index (χ1) is 14.4. The van der Waals surface area contributed by atoms with Crippen molar-refractivity contribution < 1.29 is 4.79 Å². The standard InChI is InChI=1S/C26H34N4O/c1-17-20(25(3,4)5)13-19(14-21(17)26(6,7)8)15-27-29-24(31)16-30-18(2)28-22-11-9-10-12-23(22)30/h9-15H,16H2,1-8H3,(H,29,31)/b27-15+. The highest BCUT2D eigenvalue weighted by Crippen LogP contribution is 2.34. The molecule has 5 nitrogen and oxygen atoms in total. The number of hydrogen-bond acceptors (Lipinski definition) is 3. The van der Waals surface area contributed by atoms with Gasteiger partial charge in [0.15, 0.2) is 0 Å². The van der Waals surface area contributed by atoms with Gasteiger partial charge in [0.25, 0.3) is 5.91 Å². The van der Waals surface area contributed by atoms with Gasteiger partial charge in [-0.3, -0.25) is 4.79 Å². The van der Waals surface area contributed by atoms with Gasteiger partial charge in [0.05, 0.1) is 17.2 Å². The number of hydrogen-bond donors (Lipinski definition) is 1. The number of rotatable bonds is 4. The molecule has 0 atom stereocenters. The van der Waals surface area contributed by atoms with Gasteiger partial charge < -0.3 is 4.57 Å². The molecule has 164 valence electrons. The molecule has 1 heterocycles. The van der Waals surface area contributed by atoms with E-state index in [0.717, 1.165) is 22.4 Å². The molecule has 3 aromatic rings. The largest absolute Gasteiger partial charge is 0.319 e. The van der Waals surface area contributed by atoms with Crippen molar-refractivity contribution in [3.8, 4) is 0 Å². The van der Waals surface area contributed by atoms with Crippen LogP contribution in [0.3, 0.4) is 0 Å². The van der Waals surface area contributed by atoms with Crippen LogP contribution in [-0.4, -0.2) is 21.7 Å². The topological polar surface area (TPSA) is 59.3 Å². The number of imidazole rings is 1. The Kier molecular flexibility index (Phi) is 6.08. The summed E-state index contributed by atoms with van der Waals surface area (Å²) in [4.78, 5) is 17.0. The smallest absolute Gasteiger partial charge is 0.260 e. The van der Waals surface area contributed by atoms with Crippen molar-refractivity contribution >= 4 is 23.2 Å². The summed E-state index contributed by atoms with van der Waals surface area (Å²) in [6.07, 6.45) is 1.74. The Labute approximate surface area is 185 Å². The molecule has 1 N–H and O–H groups in total. The van der Waals surface area contributed by atoms with Crippen LogP contribution in [0.2, 0.25) is 0 Å². The van der Waals surface area contributed by atoms with E-state index in [4.69, 9.17) is 0 Å². The van der Waals surface area contributed by atoms with Gasteiger partial charge in [-0.15, -0.1) is 0 Å². The molecule has 2 aromatic carbocycles. The molecular weight excluding hydrogens is 384 g/mol. The summed E-state index contributed by atoms with van der Waals surface area (Å²) in [5.41, 5.74) is 9.47. The number of nitrogens with one attached hydrogen (secondary N) is 1. The molecule has 0 aliphatic carbocycles. The zero-order chi connectivity index (χ0) is 23.0. The fourth-order valence-electron chi connectivity index (χ4n) is 4.12. The molecule has 0 spiro atoms. The lowest BCUT2D eigenvalue weighted by Gasteiger charge is -2.29. The molecule has 0 saturated heterocycles. The second kappa shape index (κ2) is 8.29. The molecule has 0 bridgehead atoms. The number of benzene rings is 2. The summed E-state index contributed by atoms with van der Waals surface area (Å²) in [6, 6.07) is 12.2. The number of hydrazone groups is 1. The van der Waals surface area contributed by atoms with Crippen LogP contribution in [0.25, 0.3) is 11.0 Å². The van der Waals surface area contributed by atoms with E-state index in [9.17, 15) is 4.79 Å². The Bertz CT molecular complexity index is 1110. The first kappa shape index (κ1) is 22.7. The number of fused-ring (bicyclic) bond motifs is 1. The van der Waals surface area contributed by atoms with Gasteiger partial charge in [-0.1, -0.05) is 53.7 Å². The van der Waals surface area contributed by atoms with Crippen LogP contribution >= 0.6 is 0 Å². The van der Waals surface area contributed by atoms with Crippen LogP contribution in [0.5, 0.6) is 0 Å². The van der Waals surface area contributed by atoms with Gasteiger partial charge in [-0.25, -0.2) is 10.4 Å². The molecular formula is C26H34N4O. The van der Waals surface area contributed by atoms with Gasteiger partial charge in [0, 0.05) is 0 Å². The van der Waals surface area contributed by atoms with E-state index in [1.807, 2.05) is 35.8 Å². The zero-order valence-electron chi connectivity index (χ0n) is 20.0. The summed E-state index contributed by atoms with van der Waals surface area (Å²) in [5, 5.41) is 4.25. The number of nitrogens with zero attached hydrogens (tertiary/aromatic N) is 3. The number of amides is 1. The molecule has 5 heteroatoms. The monoisotopic (exact) mass is 418 g/mol. The van der Waals surface area contributed by atoms with E-state index in [0.29, 0.717) is 0 Å². The number of carbonyl (C=O) groups excluding carboxylic acids is 1. The van der Waals surface area contributed by atoms with E-state index in [1.165, 1.54) is 16.7 Å². The second-order valence-electron chi connectivity index (χ2n) is 10.3. The van der Waals surface area contributed by atoms with E-state index >= 15 is 0 Å². The van der Waals surface area contributed by atoms with Gasteiger partial charge in [0.1, 0.15) is 12.4 Å². The van der Waals surface area contributed by atoms with Crippen LogP contribution in [0.1, 0.15) is 69.6 Å². The van der Waals surface area contributed by atoms with Gasteiger partial charge in [-0.05, 0) is 71.2 Å². The van der Waals surface area contributed by atoms with E-state index in [-0.39, 0.29) is 23.3 Å². The Morgan fingerprint density at radius 2 is 1.61 bits per heavy atom. The Morgan fingerprint density at radius 1 is 1.03 bits per heavy atom. The molecule has 1 amide bonds. The Hall–Kier alpha value is -2.95. The molecule has 0 saturated carbocycles. The number of carbonyl (C=O) groups is 1. The maximum atomic E-state index is 12.5. The quantitative estimate of drug-likeness (QED) is 0.456. The Morgan fingerprint density at radius 3 is 2.19 bits per heavy atom. The van der Waals surface area contributed by atoms with Crippen molar-refractivity contribution in [3.63, 3.8) is 0 Å². The maximum absolute atomic E-state index is 12.5. The first-order valence-electron chi connectivity index (χ1n) is 10.8. The first-order valence-corrected chi connectivity index (χ1v) is 10.8. The van der Waals surface area contributed by atoms with E-state index in [1.54, 1.807) is 6.21 Å². The van der Waals surface area contributed by atoms with Crippen molar-refractivity contribution in [2.75, 3.05) is 0 Å². The predicted molar refractivity (Wildman–Crippen MR) is 129 cm³/mol. The minimum absolute atomic E-state index is 0.0250. The van der Waals surface area contributed by atoms with Crippen LogP contribution < -0.4 is 5.43 Å². The third-order valence-corrected chi connectivity index (χ3v) is 5.60. The second-order valence-corrected chi connectivity index (χ2v) is 10.3. The highest BCUT2D eigenvalue weighted by molar-refractivity contribution is 5.84. The third kappa shape index (κ3) is 5.04. The highest BCUT2D eigenvalue weighted by Gasteiger charge is 2.24.